The average Bonchev–Trinajstić information content (AvgIpc) is 2.76. The number of nitrogen functional groups attached to an aromatic ring is 1. The fourth-order valence-corrected chi connectivity index (χ4v) is 2.92. The van der Waals surface area contributed by atoms with Crippen molar-refractivity contribution in [1.82, 2.24) is 9.97 Å². The van der Waals surface area contributed by atoms with Crippen molar-refractivity contribution in [3.8, 4) is 22.8 Å². The van der Waals surface area contributed by atoms with Crippen molar-refractivity contribution in [3.63, 3.8) is 0 Å². The molecule has 10 heteroatoms. The van der Waals surface area contributed by atoms with E-state index in [2.05, 4.69) is 15.3 Å². The van der Waals surface area contributed by atoms with E-state index in [1.54, 1.807) is 30.3 Å². The second kappa shape index (κ2) is 8.42. The van der Waals surface area contributed by atoms with Gasteiger partial charge in [-0.1, -0.05) is 30.3 Å². The fraction of sp³-hybridized carbons (Fsp3) is 0.0455. The summed E-state index contributed by atoms with van der Waals surface area (Å²) in [6, 6.07) is 19.5. The molecule has 0 spiro atoms. The molecule has 0 aliphatic heterocycles. The number of nitrogens with two attached hydrogens (primary N) is 1. The van der Waals surface area contributed by atoms with E-state index in [0.29, 0.717) is 29.0 Å². The van der Waals surface area contributed by atoms with Crippen LogP contribution >= 0.6 is 0 Å². The Morgan fingerprint density at radius 2 is 1.62 bits per heavy atom. The number of aromatic nitrogens is 3. The number of alkyl halides is 3. The maximum atomic E-state index is 12.9. The lowest BCUT2D eigenvalue weighted by molar-refractivity contribution is -0.629. The summed E-state index contributed by atoms with van der Waals surface area (Å²) < 4.78 is 43.9. The predicted molar refractivity (Wildman–Crippen MR) is 112 cm³/mol. The summed E-state index contributed by atoms with van der Waals surface area (Å²) >= 11 is 0. The highest BCUT2D eigenvalue weighted by Gasteiger charge is 2.40. The van der Waals surface area contributed by atoms with Gasteiger partial charge in [-0.3, -0.25) is 0 Å². The Morgan fingerprint density at radius 1 is 0.906 bits per heavy atom. The molecule has 2 aromatic heterocycles. The van der Waals surface area contributed by atoms with Gasteiger partial charge in [0.05, 0.1) is 11.8 Å². The molecule has 0 unspecified atom stereocenters. The zero-order valence-corrected chi connectivity index (χ0v) is 16.4. The first-order valence-electron chi connectivity index (χ1n) is 9.33. The number of halogens is 3. The number of pyridine rings is 1. The molecule has 0 fully saturated rings. The van der Waals surface area contributed by atoms with E-state index in [1.807, 2.05) is 30.3 Å². The molecule has 0 bridgehead atoms. The molecular weight excluding hydrogens is 423 g/mol. The van der Waals surface area contributed by atoms with E-state index >= 15 is 0 Å². The third kappa shape index (κ3) is 4.86. The lowest BCUT2D eigenvalue weighted by Crippen LogP contribution is -2.36. The van der Waals surface area contributed by atoms with E-state index < -0.39 is 11.9 Å². The molecule has 0 amide bonds. The predicted octanol–water partition coefficient (Wildman–Crippen LogP) is 4.91. The van der Waals surface area contributed by atoms with Crippen LogP contribution in [0.15, 0.2) is 79.0 Å². The summed E-state index contributed by atoms with van der Waals surface area (Å²) in [5.41, 5.74) is 6.66. The molecule has 4 aromatic rings. The number of rotatable bonds is 5. The molecule has 0 saturated carbocycles. The van der Waals surface area contributed by atoms with E-state index in [9.17, 15) is 18.4 Å². The number of hydrogen-bond donors (Lipinski definition) is 2. The number of nitrogens with zero attached hydrogens (tertiary/aromatic N) is 3. The normalized spacial score (nSPS) is 11.2. The largest absolute Gasteiger partial charge is 0.618 e. The van der Waals surface area contributed by atoms with E-state index in [4.69, 9.17) is 10.5 Å². The van der Waals surface area contributed by atoms with E-state index in [0.717, 1.165) is 17.8 Å². The Kier molecular flexibility index (Phi) is 5.50. The molecule has 0 radical (unpaired) electrons. The van der Waals surface area contributed by atoms with Crippen LogP contribution in [0.1, 0.15) is 5.69 Å². The van der Waals surface area contributed by atoms with Crippen LogP contribution in [-0.2, 0) is 6.18 Å². The molecule has 0 aliphatic carbocycles. The summed E-state index contributed by atoms with van der Waals surface area (Å²) in [6.07, 6.45) is -4.04. The minimum Gasteiger partial charge on any atom is -0.618 e. The topological polar surface area (TPSA) is 100 Å². The molecule has 0 saturated heterocycles. The van der Waals surface area contributed by atoms with Gasteiger partial charge in [-0.05, 0) is 24.3 Å². The molecule has 4 rings (SSSR count). The van der Waals surface area contributed by atoms with Gasteiger partial charge in [-0.2, -0.15) is 22.9 Å². The third-order valence-corrected chi connectivity index (χ3v) is 4.36. The lowest BCUT2D eigenvalue weighted by atomic mass is 10.1. The minimum atomic E-state index is -4.78. The summed E-state index contributed by atoms with van der Waals surface area (Å²) in [4.78, 5) is 8.41. The van der Waals surface area contributed by atoms with Gasteiger partial charge in [0, 0.05) is 23.4 Å². The van der Waals surface area contributed by atoms with Crippen LogP contribution in [0.2, 0.25) is 0 Å². The first-order valence-corrected chi connectivity index (χ1v) is 9.33. The fourth-order valence-electron chi connectivity index (χ4n) is 2.92. The number of hydrogen-bond acceptors (Lipinski definition) is 6. The number of benzene rings is 2. The molecule has 32 heavy (non-hydrogen) atoms. The van der Waals surface area contributed by atoms with Crippen LogP contribution < -0.4 is 20.5 Å². The van der Waals surface area contributed by atoms with Gasteiger partial charge in [-0.25, -0.2) is 4.98 Å². The number of nitrogens with one attached hydrogen (secondary N) is 1. The standard InChI is InChI=1S/C22H16F3N5O2/c23-22(24,25)19-12-17(10-11-30(19)31)32-16-8-6-15(7-9-16)27-20-13-18(28-21(26)29-20)14-4-2-1-3-5-14/h1-13H,(H3,26,27,28,29). The van der Waals surface area contributed by atoms with Crippen molar-refractivity contribution in [2.24, 2.45) is 0 Å². The van der Waals surface area contributed by atoms with Gasteiger partial charge >= 0.3 is 11.9 Å². The maximum absolute atomic E-state index is 12.9. The first-order chi connectivity index (χ1) is 15.3. The molecule has 2 aromatic carbocycles. The van der Waals surface area contributed by atoms with Gasteiger partial charge in [0.2, 0.25) is 5.95 Å². The highest BCUT2D eigenvalue weighted by molar-refractivity contribution is 5.67. The van der Waals surface area contributed by atoms with E-state index in [-0.39, 0.29) is 16.4 Å². The summed E-state index contributed by atoms with van der Waals surface area (Å²) in [7, 11) is 0. The second-order valence-electron chi connectivity index (χ2n) is 6.69. The van der Waals surface area contributed by atoms with Crippen molar-refractivity contribution in [2.45, 2.75) is 6.18 Å². The van der Waals surface area contributed by atoms with Gasteiger partial charge in [-0.15, -0.1) is 0 Å². The van der Waals surface area contributed by atoms with Crippen molar-refractivity contribution in [1.29, 1.82) is 0 Å². The van der Waals surface area contributed by atoms with Gasteiger partial charge in [0.25, 0.3) is 0 Å². The second-order valence-corrected chi connectivity index (χ2v) is 6.69. The Hall–Kier alpha value is -4.34. The smallest absolute Gasteiger partial charge is 0.478 e. The SMILES string of the molecule is Nc1nc(Nc2ccc(Oc3cc[n+]([O-])c(C(F)(F)F)c3)cc2)cc(-c2ccccc2)n1. The molecule has 0 atom stereocenters. The maximum Gasteiger partial charge on any atom is 0.478 e. The quantitative estimate of drug-likeness (QED) is 0.338. The Bertz CT molecular complexity index is 1230. The van der Waals surface area contributed by atoms with E-state index in [1.165, 1.54) is 0 Å². The zero-order chi connectivity index (χ0) is 22.7. The van der Waals surface area contributed by atoms with Crippen molar-refractivity contribution in [3.05, 3.63) is 89.9 Å². The van der Waals surface area contributed by atoms with Crippen LogP contribution in [0.5, 0.6) is 11.5 Å². The van der Waals surface area contributed by atoms with Crippen LogP contribution in [-0.4, -0.2) is 9.97 Å². The van der Waals surface area contributed by atoms with Crippen LogP contribution in [0.3, 0.4) is 0 Å². The van der Waals surface area contributed by atoms with Crippen molar-refractivity contribution in [2.75, 3.05) is 11.1 Å². The number of anilines is 3. The molecule has 2 heterocycles. The van der Waals surface area contributed by atoms with Crippen LogP contribution in [0, 0.1) is 5.21 Å². The molecular formula is C22H16F3N5O2. The average molecular weight is 439 g/mol. The highest BCUT2D eigenvalue weighted by Crippen LogP contribution is 2.31. The molecule has 3 N–H and O–H groups in total. The summed E-state index contributed by atoms with van der Waals surface area (Å²) in [6.45, 7) is 0. The van der Waals surface area contributed by atoms with Gasteiger partial charge in [0.1, 0.15) is 17.3 Å². The van der Waals surface area contributed by atoms with Crippen LogP contribution in [0.4, 0.5) is 30.6 Å². The molecule has 0 aliphatic rings. The highest BCUT2D eigenvalue weighted by atomic mass is 19.4. The first kappa shape index (κ1) is 20.9. The van der Waals surface area contributed by atoms with Crippen molar-refractivity contribution >= 4 is 17.5 Å². The lowest BCUT2D eigenvalue weighted by Gasteiger charge is -2.11. The Morgan fingerprint density at radius 3 is 2.31 bits per heavy atom. The minimum absolute atomic E-state index is 0.106. The third-order valence-electron chi connectivity index (χ3n) is 4.36. The molecule has 7 nitrogen and oxygen atoms in total. The zero-order valence-electron chi connectivity index (χ0n) is 16.4. The van der Waals surface area contributed by atoms with Gasteiger partial charge in [0.15, 0.2) is 6.20 Å². The Balaban J connectivity index is 1.50. The monoisotopic (exact) mass is 439 g/mol. The molecule has 162 valence electrons. The number of ether oxygens (including phenoxy) is 1. The van der Waals surface area contributed by atoms with Crippen molar-refractivity contribution < 1.29 is 22.6 Å². The summed E-state index contributed by atoms with van der Waals surface area (Å²) in [5.74, 6) is 0.762. The van der Waals surface area contributed by atoms with Gasteiger partial charge < -0.3 is 21.0 Å². The Labute approximate surface area is 180 Å². The van der Waals surface area contributed by atoms with Crippen LogP contribution in [0.25, 0.3) is 11.3 Å². The summed E-state index contributed by atoms with van der Waals surface area (Å²) in [5, 5.41) is 14.4.